The molecule has 0 radical (unpaired) electrons. The zero-order valence-electron chi connectivity index (χ0n) is 15.9. The molecule has 2 aliphatic rings. The molecule has 2 aromatic rings. The number of carbonyl (C=O) groups is 2. The maximum absolute atomic E-state index is 12.8. The Morgan fingerprint density at radius 2 is 1.96 bits per heavy atom. The van der Waals surface area contributed by atoms with Crippen molar-refractivity contribution in [3.63, 3.8) is 0 Å². The SMILES string of the molecule is CCOC(=O)c1c(C)[nH]c(C(=O)CSc2nnc(C3CC3)n2C2CC2)c1C. The first-order valence-corrected chi connectivity index (χ1v) is 10.5. The van der Waals surface area contributed by atoms with Crippen molar-refractivity contribution in [2.75, 3.05) is 12.4 Å². The summed E-state index contributed by atoms with van der Waals surface area (Å²) in [5.41, 5.74) is 2.25. The van der Waals surface area contributed by atoms with E-state index in [4.69, 9.17) is 4.74 Å². The van der Waals surface area contributed by atoms with Crippen molar-refractivity contribution in [1.29, 1.82) is 0 Å². The molecule has 27 heavy (non-hydrogen) atoms. The lowest BCUT2D eigenvalue weighted by Crippen LogP contribution is -2.09. The van der Waals surface area contributed by atoms with E-state index in [2.05, 4.69) is 19.7 Å². The van der Waals surface area contributed by atoms with E-state index in [1.54, 1.807) is 20.8 Å². The fourth-order valence-electron chi connectivity index (χ4n) is 3.42. The standard InChI is InChI=1S/C19H24N4O3S/c1-4-26-18(25)15-10(2)16(20-11(15)3)14(24)9-27-19-22-21-17(12-5-6-12)23(19)13-7-8-13/h12-13,20H,4-9H2,1-3H3. The molecule has 8 heteroatoms. The minimum absolute atomic E-state index is 0.0468. The van der Waals surface area contributed by atoms with Crippen LogP contribution in [-0.2, 0) is 4.74 Å². The molecule has 0 saturated heterocycles. The molecule has 0 spiro atoms. The van der Waals surface area contributed by atoms with Crippen molar-refractivity contribution in [2.24, 2.45) is 0 Å². The molecule has 0 bridgehead atoms. The summed E-state index contributed by atoms with van der Waals surface area (Å²) in [5, 5.41) is 9.56. The molecule has 0 aliphatic heterocycles. The van der Waals surface area contributed by atoms with Crippen LogP contribution in [0.2, 0.25) is 0 Å². The Hall–Kier alpha value is -2.09. The molecule has 2 aliphatic carbocycles. The highest BCUT2D eigenvalue weighted by Crippen LogP contribution is 2.46. The third-order valence-corrected chi connectivity index (χ3v) is 6.02. The molecular formula is C19H24N4O3S. The van der Waals surface area contributed by atoms with Crippen molar-refractivity contribution >= 4 is 23.5 Å². The number of ketones is 1. The molecule has 0 amide bonds. The molecule has 0 unspecified atom stereocenters. The van der Waals surface area contributed by atoms with E-state index in [0.717, 1.165) is 23.8 Å². The Kier molecular flexibility index (Phi) is 4.84. The van der Waals surface area contributed by atoms with Gasteiger partial charge in [0.05, 0.1) is 23.6 Å². The Labute approximate surface area is 162 Å². The number of nitrogens with zero attached hydrogens (tertiary/aromatic N) is 3. The Morgan fingerprint density at radius 1 is 1.22 bits per heavy atom. The summed E-state index contributed by atoms with van der Waals surface area (Å²) >= 11 is 1.43. The van der Waals surface area contributed by atoms with Crippen molar-refractivity contribution in [3.8, 4) is 0 Å². The molecule has 2 fully saturated rings. The molecular weight excluding hydrogens is 364 g/mol. The van der Waals surface area contributed by atoms with Crippen LogP contribution in [0, 0.1) is 13.8 Å². The van der Waals surface area contributed by atoms with Crippen LogP contribution in [0.15, 0.2) is 5.16 Å². The number of H-pyrrole nitrogens is 1. The minimum atomic E-state index is -0.391. The smallest absolute Gasteiger partial charge is 0.340 e. The predicted octanol–water partition coefficient (Wildman–Crippen LogP) is 3.59. The number of nitrogens with one attached hydrogen (secondary N) is 1. The number of aromatic nitrogens is 4. The van der Waals surface area contributed by atoms with E-state index in [1.807, 2.05) is 0 Å². The van der Waals surface area contributed by atoms with E-state index in [9.17, 15) is 9.59 Å². The number of thioether (sulfide) groups is 1. The van der Waals surface area contributed by atoms with Crippen LogP contribution in [0.3, 0.4) is 0 Å². The third kappa shape index (κ3) is 3.54. The Bertz CT molecular complexity index is 893. The minimum Gasteiger partial charge on any atom is -0.462 e. The molecule has 0 aromatic carbocycles. The maximum Gasteiger partial charge on any atom is 0.340 e. The number of rotatable bonds is 8. The van der Waals surface area contributed by atoms with Gasteiger partial charge in [0.1, 0.15) is 5.82 Å². The van der Waals surface area contributed by atoms with Crippen LogP contribution in [0.1, 0.15) is 82.5 Å². The van der Waals surface area contributed by atoms with Crippen molar-refractivity contribution in [2.45, 2.75) is 63.6 Å². The van der Waals surface area contributed by atoms with Crippen LogP contribution >= 0.6 is 11.8 Å². The first-order chi connectivity index (χ1) is 13.0. The Morgan fingerprint density at radius 3 is 2.59 bits per heavy atom. The van der Waals surface area contributed by atoms with E-state index in [-0.39, 0.29) is 11.5 Å². The van der Waals surface area contributed by atoms with Crippen molar-refractivity contribution in [3.05, 3.63) is 28.3 Å². The molecule has 4 rings (SSSR count). The number of aryl methyl sites for hydroxylation is 1. The maximum atomic E-state index is 12.8. The lowest BCUT2D eigenvalue weighted by Gasteiger charge is -2.07. The summed E-state index contributed by atoms with van der Waals surface area (Å²) in [7, 11) is 0. The average Bonchev–Trinajstić information content (AvgIpc) is 3.56. The molecule has 144 valence electrons. The molecule has 0 atom stereocenters. The summed E-state index contributed by atoms with van der Waals surface area (Å²) in [5.74, 6) is 1.46. The van der Waals surface area contributed by atoms with Crippen molar-refractivity contribution in [1.82, 2.24) is 19.7 Å². The van der Waals surface area contributed by atoms with Gasteiger partial charge in [-0.25, -0.2) is 4.79 Å². The topological polar surface area (TPSA) is 89.9 Å². The van der Waals surface area contributed by atoms with Gasteiger partial charge in [-0.2, -0.15) is 0 Å². The zero-order valence-corrected chi connectivity index (χ0v) is 16.7. The normalized spacial score (nSPS) is 16.6. The predicted molar refractivity (Wildman–Crippen MR) is 102 cm³/mol. The van der Waals surface area contributed by atoms with Crippen molar-refractivity contribution < 1.29 is 14.3 Å². The summed E-state index contributed by atoms with van der Waals surface area (Å²) in [4.78, 5) is 28.0. The van der Waals surface area contributed by atoms with Gasteiger partial charge in [-0.15, -0.1) is 10.2 Å². The summed E-state index contributed by atoms with van der Waals surface area (Å²) in [6.07, 6.45) is 4.70. The summed E-state index contributed by atoms with van der Waals surface area (Å²) < 4.78 is 7.34. The van der Waals surface area contributed by atoms with Gasteiger partial charge in [-0.05, 0) is 52.0 Å². The molecule has 7 nitrogen and oxygen atoms in total. The largest absolute Gasteiger partial charge is 0.462 e. The number of aromatic amines is 1. The second kappa shape index (κ2) is 7.14. The average molecular weight is 388 g/mol. The van der Waals surface area contributed by atoms with Crippen LogP contribution < -0.4 is 0 Å². The summed E-state index contributed by atoms with van der Waals surface area (Å²) in [6.45, 7) is 5.65. The first-order valence-electron chi connectivity index (χ1n) is 9.48. The second-order valence-electron chi connectivity index (χ2n) is 7.27. The first kappa shape index (κ1) is 18.3. The second-order valence-corrected chi connectivity index (χ2v) is 8.22. The molecule has 1 N–H and O–H groups in total. The van der Waals surface area contributed by atoms with Crippen LogP contribution in [-0.4, -0.2) is 43.9 Å². The van der Waals surface area contributed by atoms with Crippen LogP contribution in [0.25, 0.3) is 0 Å². The van der Waals surface area contributed by atoms with Gasteiger partial charge >= 0.3 is 5.97 Å². The lowest BCUT2D eigenvalue weighted by molar-refractivity contribution is 0.0525. The highest BCUT2D eigenvalue weighted by Gasteiger charge is 2.36. The number of esters is 1. The van der Waals surface area contributed by atoms with Gasteiger partial charge < -0.3 is 14.3 Å². The number of hydrogen-bond donors (Lipinski definition) is 1. The lowest BCUT2D eigenvalue weighted by atomic mass is 10.1. The Balaban J connectivity index is 1.49. The van der Waals surface area contributed by atoms with Gasteiger partial charge in [0.15, 0.2) is 10.9 Å². The highest BCUT2D eigenvalue weighted by molar-refractivity contribution is 7.99. The molecule has 2 heterocycles. The van der Waals surface area contributed by atoms with Gasteiger partial charge in [-0.3, -0.25) is 4.79 Å². The van der Waals surface area contributed by atoms with Crippen LogP contribution in [0.4, 0.5) is 0 Å². The number of ether oxygens (including phenoxy) is 1. The zero-order chi connectivity index (χ0) is 19.1. The fraction of sp³-hybridized carbons (Fsp3) is 0.579. The quantitative estimate of drug-likeness (QED) is 0.422. The van der Waals surface area contributed by atoms with Gasteiger partial charge in [0.2, 0.25) is 0 Å². The fourth-order valence-corrected chi connectivity index (χ4v) is 4.31. The monoisotopic (exact) mass is 388 g/mol. The van der Waals surface area contributed by atoms with E-state index >= 15 is 0 Å². The van der Waals surface area contributed by atoms with E-state index in [0.29, 0.717) is 41.1 Å². The number of Topliss-reactive ketones (excluding diaryl/α,β-unsaturated/α-hetero) is 1. The van der Waals surface area contributed by atoms with Gasteiger partial charge in [0, 0.05) is 17.7 Å². The van der Waals surface area contributed by atoms with Gasteiger partial charge in [-0.1, -0.05) is 11.8 Å². The van der Waals surface area contributed by atoms with Crippen LogP contribution in [0.5, 0.6) is 0 Å². The summed E-state index contributed by atoms with van der Waals surface area (Å²) in [6, 6.07) is 0.498. The van der Waals surface area contributed by atoms with Gasteiger partial charge in [0.25, 0.3) is 0 Å². The molecule has 2 saturated carbocycles. The van der Waals surface area contributed by atoms with E-state index in [1.165, 1.54) is 24.6 Å². The third-order valence-electron chi connectivity index (χ3n) is 5.07. The number of carbonyl (C=O) groups excluding carboxylic acids is 2. The highest BCUT2D eigenvalue weighted by atomic mass is 32.2. The number of hydrogen-bond acceptors (Lipinski definition) is 6. The molecule has 2 aromatic heterocycles. The van der Waals surface area contributed by atoms with E-state index < -0.39 is 5.97 Å².